The molecule has 6 heteroatoms. The number of nitrogens with zero attached hydrogens (tertiary/aromatic N) is 2. The summed E-state index contributed by atoms with van der Waals surface area (Å²) in [6, 6.07) is 11.4. The number of thiazole rings is 1. The number of rotatable bonds is 4. The number of carbonyl (C=O) groups is 1. The van der Waals surface area contributed by atoms with Crippen LogP contribution in [0.15, 0.2) is 52.5 Å². The lowest BCUT2D eigenvalue weighted by molar-refractivity contribution is 0.0470. The number of pyridine rings is 1. The van der Waals surface area contributed by atoms with Crippen LogP contribution in [0.4, 0.5) is 0 Å². The van der Waals surface area contributed by atoms with Crippen LogP contribution in [0, 0.1) is 6.92 Å². The Labute approximate surface area is 152 Å². The number of thiophene rings is 1. The number of fused-ring (bicyclic) bond motifs is 1. The molecule has 0 bridgehead atoms. The van der Waals surface area contributed by atoms with Crippen LogP contribution >= 0.6 is 22.7 Å². The zero-order chi connectivity index (χ0) is 17.2. The second kappa shape index (κ2) is 6.74. The van der Waals surface area contributed by atoms with Crippen molar-refractivity contribution < 1.29 is 9.53 Å². The predicted molar refractivity (Wildman–Crippen MR) is 101 cm³/mol. The topological polar surface area (TPSA) is 52.1 Å². The maximum atomic E-state index is 12.5. The molecule has 0 N–H and O–H groups in total. The predicted octanol–water partition coefficient (Wildman–Crippen LogP) is 5.09. The summed E-state index contributed by atoms with van der Waals surface area (Å²) in [5.74, 6) is -0.355. The van der Waals surface area contributed by atoms with Gasteiger partial charge in [-0.3, -0.25) is 4.98 Å². The number of esters is 1. The highest BCUT2D eigenvalue weighted by atomic mass is 32.1. The van der Waals surface area contributed by atoms with E-state index in [0.717, 1.165) is 32.9 Å². The third kappa shape index (κ3) is 3.31. The van der Waals surface area contributed by atoms with E-state index in [1.54, 1.807) is 28.7 Å². The molecule has 0 spiro atoms. The van der Waals surface area contributed by atoms with Gasteiger partial charge in [0.15, 0.2) is 0 Å². The zero-order valence-electron chi connectivity index (χ0n) is 13.4. The first kappa shape index (κ1) is 15.9. The molecule has 0 fully saturated rings. The molecule has 0 amide bonds. The highest BCUT2D eigenvalue weighted by Gasteiger charge is 2.14. The van der Waals surface area contributed by atoms with Crippen molar-refractivity contribution in [2.45, 2.75) is 13.5 Å². The summed E-state index contributed by atoms with van der Waals surface area (Å²) in [4.78, 5) is 21.5. The van der Waals surface area contributed by atoms with Crippen LogP contribution in [0.2, 0.25) is 0 Å². The van der Waals surface area contributed by atoms with Crippen molar-refractivity contribution in [3.05, 3.63) is 69.5 Å². The van der Waals surface area contributed by atoms with Crippen molar-refractivity contribution in [3.8, 4) is 10.6 Å². The second-order valence-corrected chi connectivity index (χ2v) is 7.20. The summed E-state index contributed by atoms with van der Waals surface area (Å²) in [6.07, 6.45) is 0. The molecule has 0 atom stereocenters. The molecule has 124 valence electrons. The van der Waals surface area contributed by atoms with Gasteiger partial charge in [-0.2, -0.15) is 11.3 Å². The Morgan fingerprint density at radius 2 is 2.04 bits per heavy atom. The molecule has 0 radical (unpaired) electrons. The minimum absolute atomic E-state index is 0.162. The monoisotopic (exact) mass is 366 g/mol. The van der Waals surface area contributed by atoms with Crippen LogP contribution in [0.5, 0.6) is 0 Å². The van der Waals surface area contributed by atoms with Crippen LogP contribution in [-0.2, 0) is 11.3 Å². The van der Waals surface area contributed by atoms with Gasteiger partial charge in [0.05, 0.1) is 16.8 Å². The molecule has 4 nitrogen and oxygen atoms in total. The van der Waals surface area contributed by atoms with Gasteiger partial charge in [0, 0.05) is 27.4 Å². The van der Waals surface area contributed by atoms with Gasteiger partial charge >= 0.3 is 5.97 Å². The van der Waals surface area contributed by atoms with Gasteiger partial charge in [-0.05, 0) is 30.5 Å². The van der Waals surface area contributed by atoms with Crippen molar-refractivity contribution in [1.82, 2.24) is 9.97 Å². The standard InChI is InChI=1S/C19H14N2O2S2/c1-12-8-16(15-4-2-3-5-17(15)20-12)19(22)23-9-14-11-25-18(21-14)13-6-7-24-10-13/h2-8,10-11H,9H2,1H3. The van der Waals surface area contributed by atoms with Crippen LogP contribution in [0.25, 0.3) is 21.5 Å². The maximum absolute atomic E-state index is 12.5. The van der Waals surface area contributed by atoms with Gasteiger partial charge in [-0.25, -0.2) is 9.78 Å². The number of ether oxygens (including phenoxy) is 1. The summed E-state index contributed by atoms with van der Waals surface area (Å²) in [7, 11) is 0. The Balaban J connectivity index is 1.53. The number of benzene rings is 1. The summed E-state index contributed by atoms with van der Waals surface area (Å²) in [6.45, 7) is 2.03. The van der Waals surface area contributed by atoms with E-state index in [0.29, 0.717) is 5.56 Å². The first-order valence-electron chi connectivity index (χ1n) is 7.71. The van der Waals surface area contributed by atoms with E-state index in [1.807, 2.05) is 48.0 Å². The largest absolute Gasteiger partial charge is 0.456 e. The zero-order valence-corrected chi connectivity index (χ0v) is 15.1. The Bertz CT molecular complexity index is 1040. The van der Waals surface area contributed by atoms with Gasteiger partial charge < -0.3 is 4.74 Å². The average molecular weight is 366 g/mol. The Hall–Kier alpha value is -2.57. The number of aromatic nitrogens is 2. The molecule has 3 heterocycles. The van der Waals surface area contributed by atoms with Crippen molar-refractivity contribution in [1.29, 1.82) is 0 Å². The van der Waals surface area contributed by atoms with E-state index >= 15 is 0 Å². The summed E-state index contributed by atoms with van der Waals surface area (Å²) in [5.41, 5.74) is 3.98. The molecule has 0 aliphatic rings. The fourth-order valence-corrected chi connectivity index (χ4v) is 4.10. The number of carbonyl (C=O) groups excluding carboxylic acids is 1. The average Bonchev–Trinajstić information content (AvgIpc) is 3.30. The molecule has 25 heavy (non-hydrogen) atoms. The Morgan fingerprint density at radius 3 is 2.88 bits per heavy atom. The Kier molecular flexibility index (Phi) is 4.29. The first-order valence-corrected chi connectivity index (χ1v) is 9.53. The molecule has 1 aromatic carbocycles. The Morgan fingerprint density at radius 1 is 1.16 bits per heavy atom. The maximum Gasteiger partial charge on any atom is 0.339 e. The molecule has 4 rings (SSSR count). The van der Waals surface area contributed by atoms with Gasteiger partial charge in [0.1, 0.15) is 11.6 Å². The lowest BCUT2D eigenvalue weighted by Crippen LogP contribution is -2.07. The minimum Gasteiger partial charge on any atom is -0.456 e. The molecule has 0 aliphatic carbocycles. The second-order valence-electron chi connectivity index (χ2n) is 5.56. The molecule has 0 aliphatic heterocycles. The lowest BCUT2D eigenvalue weighted by Gasteiger charge is -2.07. The molecular weight excluding hydrogens is 352 g/mol. The summed E-state index contributed by atoms with van der Waals surface area (Å²) >= 11 is 3.19. The fraction of sp³-hybridized carbons (Fsp3) is 0.105. The highest BCUT2D eigenvalue weighted by Crippen LogP contribution is 2.26. The number of para-hydroxylation sites is 1. The summed E-state index contributed by atoms with van der Waals surface area (Å²) < 4.78 is 5.49. The van der Waals surface area contributed by atoms with E-state index < -0.39 is 0 Å². The van der Waals surface area contributed by atoms with Crippen molar-refractivity contribution in [2.75, 3.05) is 0 Å². The SMILES string of the molecule is Cc1cc(C(=O)OCc2csc(-c3ccsc3)n2)c2ccccc2n1. The molecule has 0 saturated carbocycles. The first-order chi connectivity index (χ1) is 12.2. The van der Waals surface area contributed by atoms with Crippen molar-refractivity contribution >= 4 is 39.5 Å². The quantitative estimate of drug-likeness (QED) is 0.472. The smallest absolute Gasteiger partial charge is 0.339 e. The molecular formula is C19H14N2O2S2. The van der Waals surface area contributed by atoms with Gasteiger partial charge in [-0.1, -0.05) is 18.2 Å². The number of hydrogen-bond acceptors (Lipinski definition) is 6. The van der Waals surface area contributed by atoms with E-state index in [9.17, 15) is 4.79 Å². The van der Waals surface area contributed by atoms with E-state index in [1.165, 1.54) is 0 Å². The van der Waals surface area contributed by atoms with Crippen LogP contribution in [-0.4, -0.2) is 15.9 Å². The van der Waals surface area contributed by atoms with Crippen LogP contribution < -0.4 is 0 Å². The van der Waals surface area contributed by atoms with Gasteiger partial charge in [-0.15, -0.1) is 11.3 Å². The third-order valence-electron chi connectivity index (χ3n) is 3.74. The number of aryl methyl sites for hydroxylation is 1. The molecule has 3 aromatic heterocycles. The minimum atomic E-state index is -0.355. The van der Waals surface area contributed by atoms with E-state index in [2.05, 4.69) is 15.3 Å². The molecule has 0 unspecified atom stereocenters. The third-order valence-corrected chi connectivity index (χ3v) is 5.36. The summed E-state index contributed by atoms with van der Waals surface area (Å²) in [5, 5.41) is 7.75. The van der Waals surface area contributed by atoms with Gasteiger partial charge in [0.2, 0.25) is 0 Å². The lowest BCUT2D eigenvalue weighted by atomic mass is 10.1. The van der Waals surface area contributed by atoms with Gasteiger partial charge in [0.25, 0.3) is 0 Å². The van der Waals surface area contributed by atoms with Crippen LogP contribution in [0.1, 0.15) is 21.7 Å². The van der Waals surface area contributed by atoms with E-state index in [4.69, 9.17) is 4.74 Å². The van der Waals surface area contributed by atoms with Crippen LogP contribution in [0.3, 0.4) is 0 Å². The fourth-order valence-electron chi connectivity index (χ4n) is 2.59. The van der Waals surface area contributed by atoms with E-state index in [-0.39, 0.29) is 12.6 Å². The highest BCUT2D eigenvalue weighted by molar-refractivity contribution is 7.14. The molecule has 4 aromatic rings. The van der Waals surface area contributed by atoms with Crippen molar-refractivity contribution in [2.24, 2.45) is 0 Å². The molecule has 0 saturated heterocycles. The van der Waals surface area contributed by atoms with Crippen molar-refractivity contribution in [3.63, 3.8) is 0 Å². The number of hydrogen-bond donors (Lipinski definition) is 0. The normalized spacial score (nSPS) is 10.9.